The number of rotatable bonds is 9. The summed E-state index contributed by atoms with van der Waals surface area (Å²) in [7, 11) is 0. The molecule has 0 bridgehead atoms. The normalized spacial score (nSPS) is 18.4. The van der Waals surface area contributed by atoms with Gasteiger partial charge in [-0.05, 0) is 30.0 Å². The summed E-state index contributed by atoms with van der Waals surface area (Å²) in [5.74, 6) is -4.33. The van der Waals surface area contributed by atoms with Crippen molar-refractivity contribution in [3.05, 3.63) is 41.1 Å². The van der Waals surface area contributed by atoms with Crippen LogP contribution in [0.1, 0.15) is 71.5 Å². The number of alkyl halides is 4. The van der Waals surface area contributed by atoms with Gasteiger partial charge < -0.3 is 10.6 Å². The van der Waals surface area contributed by atoms with E-state index in [9.17, 15) is 27.2 Å². The van der Waals surface area contributed by atoms with Gasteiger partial charge in [-0.2, -0.15) is 5.10 Å². The van der Waals surface area contributed by atoms with Crippen LogP contribution in [0.2, 0.25) is 0 Å². The van der Waals surface area contributed by atoms with Gasteiger partial charge in [0.2, 0.25) is 11.8 Å². The Morgan fingerprint density at radius 1 is 1.23 bits per heavy atom. The summed E-state index contributed by atoms with van der Waals surface area (Å²) in [6, 6.07) is -0.319. The molecule has 3 aromatic heterocycles. The van der Waals surface area contributed by atoms with E-state index in [1.54, 1.807) is 0 Å². The molecule has 3 heterocycles. The van der Waals surface area contributed by atoms with E-state index in [1.165, 1.54) is 23.0 Å². The number of halogens is 4. The van der Waals surface area contributed by atoms with Crippen LogP contribution in [-0.2, 0) is 11.3 Å². The van der Waals surface area contributed by atoms with Gasteiger partial charge in [0, 0.05) is 30.7 Å². The maximum Gasteiger partial charge on any atom is 0.275 e. The topological polar surface area (TPSA) is 127 Å². The summed E-state index contributed by atoms with van der Waals surface area (Å²) in [5.41, 5.74) is 1.31. The molecule has 3 aromatic rings. The molecule has 1 unspecified atom stereocenters. The Bertz CT molecular complexity index is 1250. The molecule has 2 fully saturated rings. The molecule has 0 spiro atoms. The minimum atomic E-state index is -2.95. The van der Waals surface area contributed by atoms with Crippen LogP contribution in [0.4, 0.5) is 17.6 Å². The van der Waals surface area contributed by atoms with Gasteiger partial charge in [0.25, 0.3) is 12.3 Å². The first-order valence-electron chi connectivity index (χ1n) is 11.1. The summed E-state index contributed by atoms with van der Waals surface area (Å²) in [6.07, 6.45) is 0.508. The first kappa shape index (κ1) is 23.2. The quantitative estimate of drug-likeness (QED) is 0.437. The van der Waals surface area contributed by atoms with Crippen molar-refractivity contribution in [2.24, 2.45) is 5.92 Å². The van der Waals surface area contributed by atoms with Crippen LogP contribution < -0.4 is 10.6 Å². The number of fused-ring (bicyclic) bond motifs is 1. The maximum absolute atomic E-state index is 13.7. The molecule has 1 atom stereocenters. The molecule has 2 saturated carbocycles. The molecule has 35 heavy (non-hydrogen) atoms. The first-order chi connectivity index (χ1) is 16.7. The lowest BCUT2D eigenvalue weighted by Gasteiger charge is -2.34. The van der Waals surface area contributed by atoms with Crippen molar-refractivity contribution in [1.29, 1.82) is 0 Å². The number of nitrogens with one attached hydrogen (secondary N) is 2. The second-order valence-electron chi connectivity index (χ2n) is 8.99. The molecule has 2 N–H and O–H groups in total. The zero-order chi connectivity index (χ0) is 24.7. The van der Waals surface area contributed by atoms with Crippen molar-refractivity contribution in [2.75, 3.05) is 0 Å². The Labute approximate surface area is 195 Å². The van der Waals surface area contributed by atoms with Gasteiger partial charge >= 0.3 is 0 Å². The Balaban J connectivity index is 1.23. The summed E-state index contributed by atoms with van der Waals surface area (Å²) < 4.78 is 59.3. The van der Waals surface area contributed by atoms with Crippen LogP contribution in [-0.4, -0.2) is 49.1 Å². The molecular weight excluding hydrogens is 474 g/mol. The zero-order valence-corrected chi connectivity index (χ0v) is 18.3. The van der Waals surface area contributed by atoms with Gasteiger partial charge in [0.05, 0.1) is 24.6 Å². The Kier molecular flexibility index (Phi) is 5.89. The second-order valence-corrected chi connectivity index (χ2v) is 8.99. The van der Waals surface area contributed by atoms with Gasteiger partial charge in [0.15, 0.2) is 11.3 Å². The zero-order valence-electron chi connectivity index (χ0n) is 18.3. The van der Waals surface area contributed by atoms with Gasteiger partial charge in [-0.1, -0.05) is 5.16 Å². The predicted octanol–water partition coefficient (Wildman–Crippen LogP) is 2.78. The maximum atomic E-state index is 13.7. The Morgan fingerprint density at radius 2 is 2.00 bits per heavy atom. The van der Waals surface area contributed by atoms with Crippen LogP contribution in [0.25, 0.3) is 5.65 Å². The van der Waals surface area contributed by atoms with Crippen molar-refractivity contribution in [1.82, 2.24) is 35.5 Å². The van der Waals surface area contributed by atoms with E-state index in [0.717, 1.165) is 12.8 Å². The number of hydrogen-bond acceptors (Lipinski definition) is 7. The smallest absolute Gasteiger partial charge is 0.275 e. The minimum Gasteiger partial charge on any atom is -0.345 e. The number of aromatic nitrogens is 5. The molecule has 14 heteroatoms. The van der Waals surface area contributed by atoms with Gasteiger partial charge in [-0.15, -0.1) is 0 Å². The third-order valence-electron chi connectivity index (χ3n) is 6.09. The van der Waals surface area contributed by atoms with Gasteiger partial charge in [0.1, 0.15) is 11.7 Å². The second kappa shape index (κ2) is 8.89. The molecule has 0 saturated heterocycles. The number of hydrogen-bond donors (Lipinski definition) is 2. The van der Waals surface area contributed by atoms with E-state index in [-0.39, 0.29) is 35.8 Å². The lowest BCUT2D eigenvalue weighted by Crippen LogP contribution is -2.40. The van der Waals surface area contributed by atoms with Gasteiger partial charge in [-0.25, -0.2) is 31.7 Å². The third kappa shape index (κ3) is 5.10. The minimum absolute atomic E-state index is 0.0173. The largest absolute Gasteiger partial charge is 0.345 e. The average Bonchev–Trinajstić information content (AvgIpc) is 3.35. The van der Waals surface area contributed by atoms with E-state index >= 15 is 0 Å². The highest BCUT2D eigenvalue weighted by molar-refractivity contribution is 5.93. The van der Waals surface area contributed by atoms with E-state index in [0.29, 0.717) is 11.4 Å². The highest BCUT2D eigenvalue weighted by atomic mass is 19.3. The van der Waals surface area contributed by atoms with Crippen LogP contribution in [0, 0.1) is 5.92 Å². The molecule has 0 radical (unpaired) electrons. The van der Waals surface area contributed by atoms with Crippen molar-refractivity contribution in [2.45, 2.75) is 63.0 Å². The van der Waals surface area contributed by atoms with Crippen molar-refractivity contribution < 1.29 is 31.8 Å². The van der Waals surface area contributed by atoms with E-state index in [2.05, 4.69) is 35.7 Å². The molecular formula is C21H21F4N7O3. The number of carbonyl (C=O) groups is 2. The molecule has 2 aliphatic carbocycles. The van der Waals surface area contributed by atoms with Crippen LogP contribution in [0.5, 0.6) is 0 Å². The summed E-state index contributed by atoms with van der Waals surface area (Å²) in [6.45, 7) is 0.0233. The van der Waals surface area contributed by atoms with Crippen LogP contribution >= 0.6 is 0 Å². The lowest BCUT2D eigenvalue weighted by atomic mass is 9.79. The van der Waals surface area contributed by atoms with Crippen LogP contribution in [0.3, 0.4) is 0 Å². The molecule has 2 amide bonds. The fraction of sp³-hybridized carbons (Fsp3) is 0.524. The highest BCUT2D eigenvalue weighted by Crippen LogP contribution is 2.44. The van der Waals surface area contributed by atoms with E-state index in [4.69, 9.17) is 0 Å². The first-order valence-corrected chi connectivity index (χ1v) is 11.1. The summed E-state index contributed by atoms with van der Waals surface area (Å²) >= 11 is 0. The fourth-order valence-corrected chi connectivity index (χ4v) is 4.14. The summed E-state index contributed by atoms with van der Waals surface area (Å²) in [4.78, 5) is 28.8. The predicted molar refractivity (Wildman–Crippen MR) is 110 cm³/mol. The number of amides is 2. The van der Waals surface area contributed by atoms with Crippen molar-refractivity contribution in [3.8, 4) is 0 Å². The van der Waals surface area contributed by atoms with Crippen molar-refractivity contribution in [3.63, 3.8) is 0 Å². The van der Waals surface area contributed by atoms with Crippen molar-refractivity contribution >= 4 is 17.5 Å². The van der Waals surface area contributed by atoms with Crippen LogP contribution in [0.15, 0.2) is 23.1 Å². The standard InChI is InChI=1S/C21H21F4N7O3/c22-19(23)17(29-15(33)3-10-5-21(24,25)6-10)12-4-14-28-13(9-32(14)27-7-12)8-26-20(34)18-16(11-1-2-11)30-35-31-18/h4,7,9-11,17,19H,1-3,5-6,8H2,(H,26,34)(H,29,33). The average molecular weight is 495 g/mol. The third-order valence-corrected chi connectivity index (χ3v) is 6.09. The molecule has 5 rings (SSSR count). The molecule has 0 aliphatic heterocycles. The van der Waals surface area contributed by atoms with Gasteiger partial charge in [-0.3, -0.25) is 9.59 Å². The number of imidazole rings is 1. The van der Waals surface area contributed by atoms with E-state index < -0.39 is 49.0 Å². The fourth-order valence-electron chi connectivity index (χ4n) is 4.14. The highest BCUT2D eigenvalue weighted by Gasteiger charge is 2.46. The molecule has 10 nitrogen and oxygen atoms in total. The van der Waals surface area contributed by atoms with E-state index in [1.807, 2.05) is 0 Å². The Hall–Kier alpha value is -3.58. The SMILES string of the molecule is O=C(CC1CC(F)(F)C1)NC(c1cnn2cc(CNC(=O)c3nonc3C3CC3)nc2c1)C(F)F. The molecule has 0 aromatic carbocycles. The summed E-state index contributed by atoms with van der Waals surface area (Å²) in [5, 5.41) is 16.4. The molecule has 2 aliphatic rings. The molecule has 186 valence electrons. The monoisotopic (exact) mass is 495 g/mol. The lowest BCUT2D eigenvalue weighted by molar-refractivity contribution is -0.135. The number of carbonyl (C=O) groups excluding carboxylic acids is 2. The number of nitrogens with zero attached hydrogens (tertiary/aromatic N) is 5. The Morgan fingerprint density at radius 3 is 2.69 bits per heavy atom.